The van der Waals surface area contributed by atoms with Crippen molar-refractivity contribution in [3.63, 3.8) is 0 Å². The van der Waals surface area contributed by atoms with Gasteiger partial charge in [0.05, 0.1) is 36.6 Å². The summed E-state index contributed by atoms with van der Waals surface area (Å²) >= 11 is 0. The molecule has 0 unspecified atom stereocenters. The monoisotopic (exact) mass is 1650 g/mol. The Morgan fingerprint density at radius 1 is 0.282 bits per heavy atom. The first-order chi connectivity index (χ1) is 54.4. The van der Waals surface area contributed by atoms with Crippen LogP contribution >= 0.6 is 0 Å². The maximum atomic E-state index is 14.0. The fourth-order valence-corrected chi connectivity index (χ4v) is 12.3. The van der Waals surface area contributed by atoms with Crippen LogP contribution in [0.5, 0.6) is 0 Å². The van der Waals surface area contributed by atoms with Crippen molar-refractivity contribution in [3.05, 3.63) is 47.5 Å². The van der Waals surface area contributed by atoms with Gasteiger partial charge < -0.3 is 119 Å². The second kappa shape index (κ2) is 47.8. The Bertz CT molecular complexity index is 3620. The van der Waals surface area contributed by atoms with Gasteiger partial charge in [-0.3, -0.25) is 67.1 Å². The number of carbonyl (C=O) groups is 14. The number of furan rings is 1. The predicted octanol–water partition coefficient (Wildman–Crippen LogP) is -3.15. The Kier molecular flexibility index (Phi) is 41.5. The highest BCUT2D eigenvalue weighted by atomic mass is 16.3. The van der Waals surface area contributed by atoms with Crippen molar-refractivity contribution in [2.24, 2.45) is 35.5 Å². The number of aliphatic hydroxyl groups excluding tert-OH is 6. The van der Waals surface area contributed by atoms with Gasteiger partial charge in [0.15, 0.2) is 0 Å². The van der Waals surface area contributed by atoms with Gasteiger partial charge >= 0.3 is 0 Å². The minimum Gasteiger partial charge on any atom is -0.456 e. The van der Waals surface area contributed by atoms with Crippen molar-refractivity contribution in [3.8, 4) is 0 Å². The average molecular weight is 1650 g/mol. The molecule has 2 aromatic carbocycles. The molecule has 0 aliphatic rings. The van der Waals surface area contributed by atoms with Crippen molar-refractivity contribution in [1.29, 1.82) is 0 Å². The van der Waals surface area contributed by atoms with Crippen LogP contribution in [0.4, 0.5) is 0 Å². The van der Waals surface area contributed by atoms with Crippen LogP contribution in [0.2, 0.25) is 0 Å². The maximum Gasteiger partial charge on any atom is 0.245 e. The first kappa shape index (κ1) is 102. The topological polar surface area (TPSA) is 548 Å². The molecule has 37 heteroatoms. The third-order valence-electron chi connectivity index (χ3n) is 19.5. The van der Waals surface area contributed by atoms with Crippen LogP contribution in [0.3, 0.4) is 0 Å². The van der Waals surface area contributed by atoms with Gasteiger partial charge in [-0.1, -0.05) is 95.2 Å². The quantitative estimate of drug-likeness (QED) is 0.0265. The number of amides is 14. The first-order valence-corrected chi connectivity index (χ1v) is 39.9. The summed E-state index contributed by atoms with van der Waals surface area (Å²) in [5, 5.41) is 101. The van der Waals surface area contributed by atoms with Crippen molar-refractivity contribution in [2.45, 2.75) is 259 Å². The number of carbonyl (C=O) groups excluding carboxylic acids is 14. The summed E-state index contributed by atoms with van der Waals surface area (Å²) in [5.41, 5.74) is 2.45. The lowest BCUT2D eigenvalue weighted by atomic mass is 9.99. The van der Waals surface area contributed by atoms with E-state index in [9.17, 15) is 97.8 Å². The lowest BCUT2D eigenvalue weighted by Crippen LogP contribution is -2.64. The van der Waals surface area contributed by atoms with E-state index >= 15 is 0 Å². The fourth-order valence-electron chi connectivity index (χ4n) is 12.3. The average Bonchev–Trinajstić information content (AvgIpc) is 1.59. The van der Waals surface area contributed by atoms with Crippen LogP contribution in [-0.4, -0.2) is 287 Å². The standard InChI is InChI=1S/C80H132N16O21/c1-37(2)57(71(107)91-65(45(15)99)77(113)87-61(41(9)10)75(111)93-67(47(17)101)79(115)85-59(39(5)6)73(109)89-63(43(13)97)69(105)81-31-33-95(19)20)83-55(103)29-25-49-23-27-53-51(35-49)52-36-50(24-28-54(52)117-53)26-30-56(104)84-58(38(3)4)72(108)92-66(46(16)100)78(114)88-62(42(11)12)76(112)94-68(48(18)102)80(116)86-60(40(7)8)74(110)90-64(44(14)98)70(106)82-32-34-96(21)22/h23-24,27-28,35-48,57-68,97-102H,25-26,29-34H2,1-22H3,(H,81,105)(H,82,106)(H,83,103)(H,84,104)(H,85,115)(H,86,116)(H,87,113)(H,88,114)(H,89,109)(H,90,110)(H,91,107)(H,92,108)(H,93,111)(H,94,112)/t43-,44-,45-,46-,47-,48-,57+,58+,59+,60+,61+,62+,63+,64+,65+,66+,67+,68+/m1/s1. The van der Waals surface area contributed by atoms with Crippen molar-refractivity contribution in [1.82, 2.24) is 84.2 Å². The normalized spacial score (nSPS) is 16.4. The van der Waals surface area contributed by atoms with Crippen LogP contribution in [0.1, 0.15) is 149 Å². The highest BCUT2D eigenvalue weighted by molar-refractivity contribution is 6.06. The van der Waals surface area contributed by atoms with Gasteiger partial charge in [-0.2, -0.15) is 0 Å². The lowest BCUT2D eigenvalue weighted by Gasteiger charge is -2.31. The molecule has 0 radical (unpaired) electrons. The van der Waals surface area contributed by atoms with Gasteiger partial charge in [0.25, 0.3) is 0 Å². The van der Waals surface area contributed by atoms with Crippen LogP contribution in [0, 0.1) is 35.5 Å². The Morgan fingerprint density at radius 3 is 0.667 bits per heavy atom. The van der Waals surface area contributed by atoms with Gasteiger partial charge in [-0.25, -0.2) is 0 Å². The van der Waals surface area contributed by atoms with E-state index in [2.05, 4.69) is 74.4 Å². The summed E-state index contributed by atoms with van der Waals surface area (Å²) < 4.78 is 6.14. The van der Waals surface area contributed by atoms with E-state index in [0.29, 0.717) is 46.2 Å². The van der Waals surface area contributed by atoms with E-state index in [0.717, 1.165) is 0 Å². The molecule has 117 heavy (non-hydrogen) atoms. The predicted molar refractivity (Wildman–Crippen MR) is 436 cm³/mol. The highest BCUT2D eigenvalue weighted by Crippen LogP contribution is 2.31. The van der Waals surface area contributed by atoms with Crippen LogP contribution in [0.25, 0.3) is 21.9 Å². The molecule has 14 amide bonds. The minimum absolute atomic E-state index is 0.113. The molecular formula is C80H132N16O21. The number of hydrogen-bond acceptors (Lipinski definition) is 23. The van der Waals surface area contributed by atoms with Gasteiger partial charge in [-0.15, -0.1) is 0 Å². The number of nitrogens with one attached hydrogen (secondary N) is 14. The summed E-state index contributed by atoms with van der Waals surface area (Å²) in [7, 11) is 7.19. The largest absolute Gasteiger partial charge is 0.456 e. The van der Waals surface area contributed by atoms with Gasteiger partial charge in [0.2, 0.25) is 82.7 Å². The molecule has 18 atom stereocenters. The number of benzene rings is 2. The zero-order valence-corrected chi connectivity index (χ0v) is 71.7. The number of aliphatic hydroxyl groups is 6. The van der Waals surface area contributed by atoms with E-state index in [4.69, 9.17) is 4.42 Å². The molecule has 3 aromatic rings. The first-order valence-electron chi connectivity index (χ1n) is 39.9. The van der Waals surface area contributed by atoms with E-state index in [1.54, 1.807) is 136 Å². The zero-order valence-electron chi connectivity index (χ0n) is 71.7. The van der Waals surface area contributed by atoms with Gasteiger partial charge in [0.1, 0.15) is 83.7 Å². The zero-order chi connectivity index (χ0) is 89.1. The summed E-state index contributed by atoms with van der Waals surface area (Å²) in [4.78, 5) is 196. The molecule has 0 bridgehead atoms. The summed E-state index contributed by atoms with van der Waals surface area (Å²) in [6, 6.07) is -6.86. The van der Waals surface area contributed by atoms with Gasteiger partial charge in [0, 0.05) is 49.8 Å². The lowest BCUT2D eigenvalue weighted by molar-refractivity contribution is -0.139. The molecule has 37 nitrogen and oxygen atoms in total. The molecule has 3 rings (SSSR count). The summed E-state index contributed by atoms with van der Waals surface area (Å²) in [5.74, 6) is -15.5. The van der Waals surface area contributed by atoms with Crippen LogP contribution < -0.4 is 74.4 Å². The molecule has 0 aliphatic carbocycles. The molecule has 0 saturated heterocycles. The molecule has 20 N–H and O–H groups in total. The van der Waals surface area contributed by atoms with Crippen molar-refractivity contribution < 1.29 is 102 Å². The Balaban J connectivity index is 1.70. The smallest absolute Gasteiger partial charge is 0.245 e. The van der Waals surface area contributed by atoms with Crippen LogP contribution in [-0.2, 0) is 80.0 Å². The third kappa shape index (κ3) is 32.0. The van der Waals surface area contributed by atoms with E-state index in [-0.39, 0.29) is 38.8 Å². The number of nitrogens with zero attached hydrogens (tertiary/aromatic N) is 2. The molecule has 0 spiro atoms. The molecular weight excluding hydrogens is 1520 g/mol. The Hall–Kier alpha value is -9.50. The Labute approximate surface area is 685 Å². The van der Waals surface area contributed by atoms with E-state index < -0.39 is 227 Å². The maximum absolute atomic E-state index is 14.0. The number of fused-ring (bicyclic) bond motifs is 3. The SMILES string of the molecule is CC(C)[C@H](NC(=O)CCc1ccc2oc3ccc(CCC(=O)N[C@H](C(=O)N[C@H](C(=O)N[C@H](C(=O)N[C@H](C(=O)N[C@H](C(=O)N[C@H](C(=O)NCCN(C)C)[C@@H](C)O)C(C)C)[C@@H](C)O)C(C)C)[C@@H](C)O)C(C)C)cc3c2c1)C(=O)N[C@H](C(=O)N[C@H](C(=O)N[C@H](C(=O)N[C@H](C(=O)N[C@H](C(=O)NCCN(C)C)[C@@H](C)O)C(C)C)[C@@H](C)O)C(C)C)[C@@H](C)O. The van der Waals surface area contributed by atoms with Gasteiger partial charge in [-0.05, 0) is 153 Å². The number of hydrogen-bond donors (Lipinski definition) is 20. The number of rotatable bonds is 48. The third-order valence-corrected chi connectivity index (χ3v) is 19.5. The molecule has 0 aliphatic heterocycles. The second-order valence-electron chi connectivity index (χ2n) is 32.8. The van der Waals surface area contributed by atoms with Crippen LogP contribution in [0.15, 0.2) is 40.8 Å². The Morgan fingerprint density at radius 2 is 0.470 bits per heavy atom. The van der Waals surface area contributed by atoms with Crippen molar-refractivity contribution >= 4 is 105 Å². The summed E-state index contributed by atoms with van der Waals surface area (Å²) in [6.45, 7) is 28.1. The highest BCUT2D eigenvalue weighted by Gasteiger charge is 2.42. The summed E-state index contributed by atoms with van der Waals surface area (Å²) in [6.07, 6.45) is -8.78. The van der Waals surface area contributed by atoms with Crippen molar-refractivity contribution in [2.75, 3.05) is 54.4 Å². The molecule has 0 saturated carbocycles. The second-order valence-corrected chi connectivity index (χ2v) is 32.8. The minimum atomic E-state index is -1.70. The van der Waals surface area contributed by atoms with E-state index in [1.165, 1.54) is 41.5 Å². The number of likely N-dealkylation sites (N-methyl/N-ethyl adjacent to an activating group) is 2. The molecule has 1 heterocycles. The number of aryl methyl sites for hydroxylation is 2. The molecule has 658 valence electrons. The molecule has 0 fully saturated rings. The van der Waals surface area contributed by atoms with E-state index in [1.807, 2.05) is 21.9 Å². The molecule has 1 aromatic heterocycles. The fraction of sp³-hybridized carbons (Fsp3) is 0.675.